The maximum absolute atomic E-state index is 12.7. The Kier molecular flexibility index (Phi) is 1.73. The normalized spacial score (nSPS) is 10.5. The molecule has 1 aromatic heterocycles. The van der Waals surface area contributed by atoms with Crippen LogP contribution < -0.4 is 5.73 Å². The van der Waals surface area contributed by atoms with E-state index >= 15 is 0 Å². The van der Waals surface area contributed by atoms with Crippen molar-refractivity contribution in [1.29, 1.82) is 0 Å². The van der Waals surface area contributed by atoms with Gasteiger partial charge in [-0.15, -0.1) is 0 Å². The molecule has 0 fully saturated rings. The van der Waals surface area contributed by atoms with Crippen LogP contribution in [0.15, 0.2) is 18.2 Å². The molecule has 0 unspecified atom stereocenters. The quantitative estimate of drug-likeness (QED) is 0.752. The molecule has 0 atom stereocenters. The van der Waals surface area contributed by atoms with Crippen LogP contribution in [0, 0.1) is 5.26 Å². The third kappa shape index (κ3) is 1.27. The van der Waals surface area contributed by atoms with Gasteiger partial charge in [0.05, 0.1) is 15.8 Å². The first-order chi connectivity index (χ1) is 6.18. The van der Waals surface area contributed by atoms with Crippen molar-refractivity contribution < 1.29 is 9.18 Å². The van der Waals surface area contributed by atoms with Gasteiger partial charge in [0, 0.05) is 0 Å². The second-order valence-corrected chi connectivity index (χ2v) is 3.43. The number of nitrogens with two attached hydrogens (primary N) is 1. The lowest BCUT2D eigenvalue weighted by molar-refractivity contribution is 0.100. The van der Waals surface area contributed by atoms with Crippen molar-refractivity contribution in [2.24, 2.45) is 5.73 Å². The highest BCUT2D eigenvalue weighted by Crippen LogP contribution is 2.24. The van der Waals surface area contributed by atoms with E-state index in [1.807, 2.05) is 0 Å². The molecule has 1 amide bonds. The Morgan fingerprint density at radius 1 is 1.54 bits per heavy atom. The molecule has 0 saturated carbocycles. The number of aromatic nitrogens is 1. The highest BCUT2D eigenvalue weighted by atomic mass is 32.1. The summed E-state index contributed by atoms with van der Waals surface area (Å²) in [7, 11) is 0. The summed E-state index contributed by atoms with van der Waals surface area (Å²) in [6.45, 7) is 0. The molecule has 2 aromatic rings. The van der Waals surface area contributed by atoms with Gasteiger partial charge < -0.3 is 5.73 Å². The van der Waals surface area contributed by atoms with Crippen LogP contribution in [0.2, 0.25) is 0 Å². The number of hydrogen-bond donors (Lipinski definition) is 1. The zero-order chi connectivity index (χ0) is 9.42. The molecule has 1 aromatic carbocycles. The van der Waals surface area contributed by atoms with E-state index in [-0.39, 0.29) is 0 Å². The minimum atomic E-state index is -0.561. The fourth-order valence-electron chi connectivity index (χ4n) is 1.12. The molecule has 2 rings (SSSR count). The second-order valence-electron chi connectivity index (χ2n) is 2.48. The Hall–Kier alpha value is -1.49. The number of hydrogen-bond acceptors (Lipinski definition) is 3. The summed E-state index contributed by atoms with van der Waals surface area (Å²) in [5.41, 5.74) is 5.90. The summed E-state index contributed by atoms with van der Waals surface area (Å²) in [4.78, 5) is 14.5. The van der Waals surface area contributed by atoms with Gasteiger partial charge in [-0.25, -0.2) is 4.98 Å². The monoisotopic (exact) mass is 196 g/mol. The summed E-state index contributed by atoms with van der Waals surface area (Å²) in [5.74, 6) is -0.561. The maximum atomic E-state index is 12.7. The number of fused-ring (bicyclic) bond motifs is 1. The van der Waals surface area contributed by atoms with Gasteiger partial charge in [-0.3, -0.25) is 4.79 Å². The number of thiazole rings is 1. The van der Waals surface area contributed by atoms with E-state index in [9.17, 15) is 9.18 Å². The van der Waals surface area contributed by atoms with Crippen molar-refractivity contribution in [3.05, 3.63) is 29.0 Å². The molecule has 0 radical (unpaired) electrons. The molecule has 3 nitrogen and oxygen atoms in total. The van der Waals surface area contributed by atoms with Crippen LogP contribution in [-0.2, 0) is 0 Å². The molecule has 0 aliphatic carbocycles. The van der Waals surface area contributed by atoms with Crippen molar-refractivity contribution >= 4 is 27.5 Å². The highest BCUT2D eigenvalue weighted by Gasteiger charge is 2.10. The molecule has 0 aliphatic rings. The van der Waals surface area contributed by atoms with Crippen LogP contribution in [0.3, 0.4) is 0 Å². The number of rotatable bonds is 1. The number of halogens is 1. The molecule has 2 N–H and O–H groups in total. The first kappa shape index (κ1) is 8.12. The van der Waals surface area contributed by atoms with Gasteiger partial charge in [-0.1, -0.05) is 17.4 Å². The molecule has 66 valence electrons. The SMILES string of the molecule is NC(=O)c1cccc2nc(F)sc12. The van der Waals surface area contributed by atoms with Crippen LogP contribution in [0.1, 0.15) is 10.4 Å². The summed E-state index contributed by atoms with van der Waals surface area (Å²) < 4.78 is 13.2. The minimum absolute atomic E-state index is 0.318. The minimum Gasteiger partial charge on any atom is -0.366 e. The van der Waals surface area contributed by atoms with E-state index in [2.05, 4.69) is 4.98 Å². The summed E-state index contributed by atoms with van der Waals surface area (Å²) in [6, 6.07) is 4.82. The zero-order valence-corrected chi connectivity index (χ0v) is 7.27. The number of amides is 1. The Labute approximate surface area is 77.0 Å². The Bertz CT molecular complexity index is 480. The first-order valence-corrected chi connectivity index (χ1v) is 4.35. The average Bonchev–Trinajstić information content (AvgIpc) is 2.43. The molecular formula is C8H5FN2OS. The summed E-state index contributed by atoms with van der Waals surface area (Å²) in [6.07, 6.45) is 0. The van der Waals surface area contributed by atoms with Crippen LogP contribution in [0.25, 0.3) is 10.2 Å². The van der Waals surface area contributed by atoms with Crippen molar-refractivity contribution in [3.8, 4) is 0 Å². The number of nitrogens with zero attached hydrogens (tertiary/aromatic N) is 1. The molecule has 1 heterocycles. The van der Waals surface area contributed by atoms with E-state index in [1.54, 1.807) is 18.2 Å². The molecular weight excluding hydrogens is 191 g/mol. The van der Waals surface area contributed by atoms with Crippen molar-refractivity contribution in [1.82, 2.24) is 4.98 Å². The lowest BCUT2D eigenvalue weighted by atomic mass is 10.2. The lowest BCUT2D eigenvalue weighted by Crippen LogP contribution is -2.10. The lowest BCUT2D eigenvalue weighted by Gasteiger charge is -1.94. The van der Waals surface area contributed by atoms with Crippen molar-refractivity contribution in [3.63, 3.8) is 0 Å². The van der Waals surface area contributed by atoms with E-state index in [0.717, 1.165) is 11.3 Å². The zero-order valence-electron chi connectivity index (χ0n) is 6.45. The smallest absolute Gasteiger partial charge is 0.270 e. The van der Waals surface area contributed by atoms with Crippen molar-refractivity contribution in [2.75, 3.05) is 0 Å². The Morgan fingerprint density at radius 3 is 3.00 bits per heavy atom. The van der Waals surface area contributed by atoms with Gasteiger partial charge in [0.2, 0.25) is 5.91 Å². The Morgan fingerprint density at radius 2 is 2.31 bits per heavy atom. The van der Waals surface area contributed by atoms with Crippen LogP contribution in [0.5, 0.6) is 0 Å². The van der Waals surface area contributed by atoms with Crippen LogP contribution in [0.4, 0.5) is 4.39 Å². The van der Waals surface area contributed by atoms with Crippen molar-refractivity contribution in [2.45, 2.75) is 0 Å². The molecule has 5 heteroatoms. The average molecular weight is 196 g/mol. The van der Waals surface area contributed by atoms with E-state index in [4.69, 9.17) is 5.73 Å². The first-order valence-electron chi connectivity index (χ1n) is 3.53. The van der Waals surface area contributed by atoms with Gasteiger partial charge >= 0.3 is 0 Å². The highest BCUT2D eigenvalue weighted by molar-refractivity contribution is 7.17. The van der Waals surface area contributed by atoms with Crippen LogP contribution in [-0.4, -0.2) is 10.9 Å². The number of benzene rings is 1. The molecule has 0 aliphatic heterocycles. The number of carbonyl (C=O) groups is 1. The largest absolute Gasteiger partial charge is 0.366 e. The van der Waals surface area contributed by atoms with Gasteiger partial charge in [0.25, 0.3) is 5.26 Å². The predicted octanol–water partition coefficient (Wildman–Crippen LogP) is 1.53. The standard InChI is InChI=1S/C8H5FN2OS/c9-8-11-5-3-1-2-4(7(10)12)6(5)13-8/h1-3H,(H2,10,12). The second kappa shape index (κ2) is 2.77. The topological polar surface area (TPSA) is 56.0 Å². The predicted molar refractivity (Wildman–Crippen MR) is 48.1 cm³/mol. The van der Waals surface area contributed by atoms with E-state index < -0.39 is 11.2 Å². The third-order valence-corrected chi connectivity index (χ3v) is 2.55. The molecule has 13 heavy (non-hydrogen) atoms. The number of carbonyl (C=O) groups excluding carboxylic acids is 1. The van der Waals surface area contributed by atoms with Gasteiger partial charge in [-0.2, -0.15) is 4.39 Å². The molecule has 0 spiro atoms. The number of primary amides is 1. The molecule has 0 saturated heterocycles. The van der Waals surface area contributed by atoms with Gasteiger partial charge in [0.1, 0.15) is 0 Å². The summed E-state index contributed by atoms with van der Waals surface area (Å²) in [5, 5.41) is -0.552. The Balaban J connectivity index is 2.82. The van der Waals surface area contributed by atoms with E-state index in [1.165, 1.54) is 0 Å². The fraction of sp³-hybridized carbons (Fsp3) is 0. The van der Waals surface area contributed by atoms with Gasteiger partial charge in [0.15, 0.2) is 0 Å². The molecule has 0 bridgehead atoms. The van der Waals surface area contributed by atoms with Gasteiger partial charge in [-0.05, 0) is 12.1 Å². The maximum Gasteiger partial charge on any atom is 0.270 e. The fourth-order valence-corrected chi connectivity index (χ4v) is 1.93. The van der Waals surface area contributed by atoms with Crippen LogP contribution >= 0.6 is 11.3 Å². The van der Waals surface area contributed by atoms with E-state index in [0.29, 0.717) is 15.8 Å². The summed E-state index contributed by atoms with van der Waals surface area (Å²) >= 11 is 0.828. The third-order valence-electron chi connectivity index (χ3n) is 1.65.